The lowest BCUT2D eigenvalue weighted by molar-refractivity contribution is -0.189. The Morgan fingerprint density at radius 2 is 2.06 bits per heavy atom. The molecule has 2 fully saturated rings. The van der Waals surface area contributed by atoms with Crippen molar-refractivity contribution in [3.05, 3.63) is 30.3 Å². The van der Waals surface area contributed by atoms with Gasteiger partial charge in [-0.3, -0.25) is 0 Å². The van der Waals surface area contributed by atoms with E-state index in [1.54, 1.807) is 0 Å². The molecule has 17 heavy (non-hydrogen) atoms. The topological polar surface area (TPSA) is 48.5 Å². The number of hydrogen-bond donors (Lipinski definition) is 1. The van der Waals surface area contributed by atoms with Gasteiger partial charge in [-0.25, -0.2) is 4.90 Å². The van der Waals surface area contributed by atoms with Crippen LogP contribution in [0.4, 0.5) is 5.69 Å². The van der Waals surface area contributed by atoms with Crippen molar-refractivity contribution in [2.24, 2.45) is 0 Å². The largest absolute Gasteiger partial charge is 0.356 e. The van der Waals surface area contributed by atoms with Crippen LogP contribution in [0.1, 0.15) is 0 Å². The number of hydrogen-bond acceptors (Lipinski definition) is 5. The van der Waals surface area contributed by atoms with Gasteiger partial charge in [0.25, 0.3) is 0 Å². The van der Waals surface area contributed by atoms with Crippen LogP contribution in [0.2, 0.25) is 0 Å². The molecular weight excluding hydrogens is 220 g/mol. The number of anilines is 1. The Morgan fingerprint density at radius 3 is 2.76 bits per heavy atom. The van der Waals surface area contributed by atoms with Crippen LogP contribution in [0, 0.1) is 0 Å². The van der Waals surface area contributed by atoms with Gasteiger partial charge in [-0.05, 0) is 12.1 Å². The standard InChI is InChI=1S/C12H16N2O3/c1-16-12(15)14-8-7-13(10-11(14)17-10)9-5-3-2-4-6-9/h2-6,10-12,15H,7-8H2,1H3. The van der Waals surface area contributed by atoms with E-state index < -0.39 is 6.41 Å². The van der Waals surface area contributed by atoms with Crippen molar-refractivity contribution in [3.63, 3.8) is 0 Å². The summed E-state index contributed by atoms with van der Waals surface area (Å²) in [6, 6.07) is 10.2. The van der Waals surface area contributed by atoms with Crippen LogP contribution in [-0.2, 0) is 9.47 Å². The number of piperazine rings is 1. The second kappa shape index (κ2) is 4.27. The van der Waals surface area contributed by atoms with Crippen molar-refractivity contribution in [2.75, 3.05) is 25.1 Å². The first-order valence-corrected chi connectivity index (χ1v) is 5.75. The number of para-hydroxylation sites is 1. The molecule has 0 bridgehead atoms. The minimum Gasteiger partial charge on any atom is -0.356 e. The van der Waals surface area contributed by atoms with Crippen LogP contribution in [-0.4, -0.2) is 49.1 Å². The predicted molar refractivity (Wildman–Crippen MR) is 62.2 cm³/mol. The highest BCUT2D eigenvalue weighted by molar-refractivity contribution is 5.48. The molecular formula is C12H16N2O3. The van der Waals surface area contributed by atoms with E-state index >= 15 is 0 Å². The molecule has 1 aromatic rings. The molecule has 1 N–H and O–H groups in total. The van der Waals surface area contributed by atoms with Gasteiger partial charge in [-0.15, -0.1) is 0 Å². The highest BCUT2D eigenvalue weighted by Crippen LogP contribution is 2.36. The number of aliphatic hydroxyl groups is 1. The quantitative estimate of drug-likeness (QED) is 0.608. The third-order valence-electron chi connectivity index (χ3n) is 3.26. The summed E-state index contributed by atoms with van der Waals surface area (Å²) in [4.78, 5) is 4.04. The average Bonchev–Trinajstić information content (AvgIpc) is 3.17. The second-order valence-corrected chi connectivity index (χ2v) is 4.25. The molecule has 5 nitrogen and oxygen atoms in total. The number of fused-ring (bicyclic) bond motifs is 1. The molecule has 0 aromatic heterocycles. The number of epoxide rings is 1. The Bertz CT molecular complexity index is 387. The fourth-order valence-electron chi connectivity index (χ4n) is 2.31. The summed E-state index contributed by atoms with van der Waals surface area (Å²) in [7, 11) is 1.49. The SMILES string of the molecule is COC(O)N1CCN(c2ccccc2)C2OC21. The Balaban J connectivity index is 1.71. The zero-order valence-electron chi connectivity index (χ0n) is 9.69. The normalized spacial score (nSPS) is 29.9. The molecule has 0 aliphatic carbocycles. The van der Waals surface area contributed by atoms with Gasteiger partial charge < -0.3 is 19.5 Å². The molecule has 2 saturated heterocycles. The van der Waals surface area contributed by atoms with Crippen molar-refractivity contribution in [1.82, 2.24) is 4.90 Å². The van der Waals surface area contributed by atoms with Crippen LogP contribution in [0.5, 0.6) is 0 Å². The van der Waals surface area contributed by atoms with E-state index in [0.29, 0.717) is 0 Å². The van der Waals surface area contributed by atoms with Crippen LogP contribution < -0.4 is 4.90 Å². The third-order valence-corrected chi connectivity index (χ3v) is 3.26. The van der Waals surface area contributed by atoms with Crippen molar-refractivity contribution < 1.29 is 14.6 Å². The van der Waals surface area contributed by atoms with E-state index in [4.69, 9.17) is 9.47 Å². The molecule has 0 saturated carbocycles. The number of benzene rings is 1. The summed E-state index contributed by atoms with van der Waals surface area (Å²) in [5.41, 5.74) is 1.16. The summed E-state index contributed by atoms with van der Waals surface area (Å²) < 4.78 is 10.5. The number of aliphatic hydroxyl groups excluding tert-OH is 1. The van der Waals surface area contributed by atoms with Crippen molar-refractivity contribution in [3.8, 4) is 0 Å². The van der Waals surface area contributed by atoms with E-state index in [9.17, 15) is 5.11 Å². The van der Waals surface area contributed by atoms with Crippen LogP contribution >= 0.6 is 0 Å². The van der Waals surface area contributed by atoms with Gasteiger partial charge in [0.05, 0.1) is 0 Å². The molecule has 0 spiro atoms. The number of methoxy groups -OCH3 is 1. The van der Waals surface area contributed by atoms with Gasteiger partial charge in [0, 0.05) is 25.9 Å². The van der Waals surface area contributed by atoms with E-state index in [0.717, 1.165) is 18.8 Å². The van der Waals surface area contributed by atoms with Gasteiger partial charge in [0.15, 0.2) is 12.5 Å². The van der Waals surface area contributed by atoms with E-state index in [-0.39, 0.29) is 12.5 Å². The molecule has 0 amide bonds. The summed E-state index contributed by atoms with van der Waals surface area (Å²) in [6.45, 7) is 1.55. The average molecular weight is 236 g/mol. The fraction of sp³-hybridized carbons (Fsp3) is 0.500. The number of nitrogens with zero attached hydrogens (tertiary/aromatic N) is 2. The van der Waals surface area contributed by atoms with Gasteiger partial charge >= 0.3 is 0 Å². The van der Waals surface area contributed by atoms with Gasteiger partial charge in [0.2, 0.25) is 6.41 Å². The molecule has 1 aromatic carbocycles. The zero-order chi connectivity index (χ0) is 11.8. The van der Waals surface area contributed by atoms with E-state index in [2.05, 4.69) is 17.0 Å². The number of rotatable bonds is 3. The molecule has 5 heteroatoms. The van der Waals surface area contributed by atoms with Crippen LogP contribution in [0.3, 0.4) is 0 Å². The van der Waals surface area contributed by atoms with Gasteiger partial charge in [-0.1, -0.05) is 18.2 Å². The van der Waals surface area contributed by atoms with Crippen molar-refractivity contribution >= 4 is 5.69 Å². The summed E-state index contributed by atoms with van der Waals surface area (Å²) in [6.07, 6.45) is -0.891. The summed E-state index contributed by atoms with van der Waals surface area (Å²) >= 11 is 0. The number of ether oxygens (including phenoxy) is 2. The maximum absolute atomic E-state index is 9.64. The minimum atomic E-state index is -0.872. The molecule has 2 aliphatic rings. The Morgan fingerprint density at radius 1 is 1.29 bits per heavy atom. The molecule has 3 atom stereocenters. The molecule has 2 aliphatic heterocycles. The lowest BCUT2D eigenvalue weighted by atomic mass is 10.2. The monoisotopic (exact) mass is 236 g/mol. The predicted octanol–water partition coefficient (Wildman–Crippen LogP) is 0.413. The van der Waals surface area contributed by atoms with Gasteiger partial charge in [0.1, 0.15) is 0 Å². The first kappa shape index (κ1) is 11.0. The Labute approximate surface area is 100 Å². The first-order chi connectivity index (χ1) is 8.31. The maximum Gasteiger partial charge on any atom is 0.218 e. The molecule has 3 unspecified atom stereocenters. The van der Waals surface area contributed by atoms with E-state index in [1.165, 1.54) is 7.11 Å². The van der Waals surface area contributed by atoms with Gasteiger partial charge in [-0.2, -0.15) is 0 Å². The fourth-order valence-corrected chi connectivity index (χ4v) is 2.31. The molecule has 2 heterocycles. The lowest BCUT2D eigenvalue weighted by Gasteiger charge is -2.33. The molecule has 0 radical (unpaired) electrons. The smallest absolute Gasteiger partial charge is 0.218 e. The zero-order valence-corrected chi connectivity index (χ0v) is 9.69. The van der Waals surface area contributed by atoms with E-state index in [1.807, 2.05) is 23.1 Å². The lowest BCUT2D eigenvalue weighted by Crippen LogP contribution is -2.51. The van der Waals surface area contributed by atoms with Crippen molar-refractivity contribution in [2.45, 2.75) is 18.9 Å². The highest BCUT2D eigenvalue weighted by atomic mass is 16.7. The third kappa shape index (κ3) is 1.91. The Kier molecular flexibility index (Phi) is 2.76. The molecule has 3 rings (SSSR count). The van der Waals surface area contributed by atoms with Crippen LogP contribution in [0.25, 0.3) is 0 Å². The molecule has 92 valence electrons. The highest BCUT2D eigenvalue weighted by Gasteiger charge is 2.53. The maximum atomic E-state index is 9.64. The summed E-state index contributed by atoms with van der Waals surface area (Å²) in [5, 5.41) is 9.64. The minimum absolute atomic E-state index is 0.0379. The summed E-state index contributed by atoms with van der Waals surface area (Å²) in [5.74, 6) is 0. The van der Waals surface area contributed by atoms with Crippen LogP contribution in [0.15, 0.2) is 30.3 Å². The Hall–Kier alpha value is -1.14. The van der Waals surface area contributed by atoms with Crippen molar-refractivity contribution in [1.29, 1.82) is 0 Å². The first-order valence-electron chi connectivity index (χ1n) is 5.75. The second-order valence-electron chi connectivity index (χ2n) is 4.25.